The van der Waals surface area contributed by atoms with E-state index in [0.29, 0.717) is 0 Å². The molecule has 0 fully saturated rings. The Kier molecular flexibility index (Phi) is 8.08. The van der Waals surface area contributed by atoms with Crippen LogP contribution >= 0.6 is 0 Å². The van der Waals surface area contributed by atoms with E-state index in [9.17, 15) is 5.11 Å². The van der Waals surface area contributed by atoms with Gasteiger partial charge in [0.1, 0.15) is 0 Å². The fourth-order valence-corrected chi connectivity index (χ4v) is 3.08. The molecule has 0 saturated carbocycles. The molecule has 0 spiro atoms. The fraction of sp³-hybridized carbons (Fsp3) is 1.00. The Hall–Kier alpha value is -0.120. The predicted octanol–water partition coefficient (Wildman–Crippen LogP) is 2.64. The number of likely N-dealkylation sites (N-methyl/N-ethyl adjacent to an activating group) is 2. The average molecular weight is 258 g/mol. The van der Waals surface area contributed by atoms with Gasteiger partial charge >= 0.3 is 0 Å². The second-order valence-corrected chi connectivity index (χ2v) is 5.17. The lowest BCUT2D eigenvalue weighted by Gasteiger charge is -2.49. The minimum atomic E-state index is -0.654. The molecule has 0 bridgehead atoms. The summed E-state index contributed by atoms with van der Waals surface area (Å²) in [4.78, 5) is 2.32. The smallest absolute Gasteiger partial charge is 0.0951 e. The molecule has 0 aliphatic heterocycles. The van der Waals surface area contributed by atoms with Crippen LogP contribution in [0.4, 0.5) is 0 Å². The molecule has 0 amide bonds. The normalized spacial score (nSPS) is 16.0. The Morgan fingerprint density at radius 2 is 1.39 bits per heavy atom. The van der Waals surface area contributed by atoms with Crippen molar-refractivity contribution in [2.24, 2.45) is 0 Å². The van der Waals surface area contributed by atoms with Gasteiger partial charge in [0.25, 0.3) is 0 Å². The summed E-state index contributed by atoms with van der Waals surface area (Å²) in [6, 6.07) is 0. The Labute approximate surface area is 114 Å². The minimum absolute atomic E-state index is 0.168. The first-order chi connectivity index (χ1) is 8.49. The van der Waals surface area contributed by atoms with Crippen LogP contribution in [0.15, 0.2) is 0 Å². The van der Waals surface area contributed by atoms with Crippen LogP contribution < -0.4 is 5.32 Å². The summed E-state index contributed by atoms with van der Waals surface area (Å²) in [6.07, 6.45) is 2.71. The summed E-state index contributed by atoms with van der Waals surface area (Å²) < 4.78 is 0. The highest BCUT2D eigenvalue weighted by atomic mass is 16.3. The SMILES string of the molecule is CCNC(CC)(CC)C(O)(CC)CN(CC)CC. The molecule has 0 saturated heterocycles. The highest BCUT2D eigenvalue weighted by Gasteiger charge is 2.46. The van der Waals surface area contributed by atoms with E-state index in [2.05, 4.69) is 51.8 Å². The molecule has 0 aromatic heterocycles. The lowest BCUT2D eigenvalue weighted by Crippen LogP contribution is -2.66. The highest BCUT2D eigenvalue weighted by molar-refractivity contribution is 5.05. The van der Waals surface area contributed by atoms with Gasteiger partial charge in [0.2, 0.25) is 0 Å². The van der Waals surface area contributed by atoms with Gasteiger partial charge in [-0.05, 0) is 38.9 Å². The molecular formula is C15H34N2O. The number of aliphatic hydroxyl groups is 1. The van der Waals surface area contributed by atoms with E-state index in [4.69, 9.17) is 0 Å². The maximum atomic E-state index is 11.2. The predicted molar refractivity (Wildman–Crippen MR) is 80.0 cm³/mol. The number of nitrogens with one attached hydrogen (secondary N) is 1. The first-order valence-electron chi connectivity index (χ1n) is 7.68. The van der Waals surface area contributed by atoms with Crippen LogP contribution in [0.3, 0.4) is 0 Å². The zero-order valence-corrected chi connectivity index (χ0v) is 13.3. The van der Waals surface area contributed by atoms with Crippen LogP contribution in [0.2, 0.25) is 0 Å². The third-order valence-electron chi connectivity index (χ3n) is 4.58. The van der Waals surface area contributed by atoms with Crippen LogP contribution in [0, 0.1) is 0 Å². The second kappa shape index (κ2) is 8.13. The number of rotatable bonds is 10. The lowest BCUT2D eigenvalue weighted by molar-refractivity contribution is -0.0804. The van der Waals surface area contributed by atoms with Crippen LogP contribution in [0.25, 0.3) is 0 Å². The van der Waals surface area contributed by atoms with Gasteiger partial charge in [-0.25, -0.2) is 0 Å². The van der Waals surface area contributed by atoms with Crippen LogP contribution in [-0.4, -0.2) is 47.3 Å². The Morgan fingerprint density at radius 3 is 1.67 bits per heavy atom. The summed E-state index contributed by atoms with van der Waals surface area (Å²) in [5.74, 6) is 0. The van der Waals surface area contributed by atoms with Gasteiger partial charge in [-0.3, -0.25) is 0 Å². The molecule has 0 radical (unpaired) electrons. The summed E-state index contributed by atoms with van der Waals surface area (Å²) in [7, 11) is 0. The largest absolute Gasteiger partial charge is 0.387 e. The Bertz CT molecular complexity index is 213. The van der Waals surface area contributed by atoms with E-state index >= 15 is 0 Å². The molecule has 0 rings (SSSR count). The highest BCUT2D eigenvalue weighted by Crippen LogP contribution is 2.33. The molecule has 1 unspecified atom stereocenters. The molecular weight excluding hydrogens is 224 g/mol. The van der Waals surface area contributed by atoms with Gasteiger partial charge in [-0.2, -0.15) is 0 Å². The molecule has 1 atom stereocenters. The number of hydrogen-bond acceptors (Lipinski definition) is 3. The molecule has 3 nitrogen and oxygen atoms in total. The van der Waals surface area contributed by atoms with Crippen molar-refractivity contribution < 1.29 is 5.11 Å². The van der Waals surface area contributed by atoms with E-state index in [1.165, 1.54) is 0 Å². The van der Waals surface area contributed by atoms with E-state index in [-0.39, 0.29) is 5.54 Å². The van der Waals surface area contributed by atoms with Crippen molar-refractivity contribution in [2.45, 2.75) is 71.9 Å². The topological polar surface area (TPSA) is 35.5 Å². The Morgan fingerprint density at radius 1 is 0.889 bits per heavy atom. The lowest BCUT2D eigenvalue weighted by atomic mass is 9.73. The average Bonchev–Trinajstić information content (AvgIpc) is 2.41. The van der Waals surface area contributed by atoms with Gasteiger partial charge < -0.3 is 15.3 Å². The summed E-state index contributed by atoms with van der Waals surface area (Å²) in [5, 5.41) is 14.8. The third-order valence-corrected chi connectivity index (χ3v) is 4.58. The van der Waals surface area contributed by atoms with Crippen molar-refractivity contribution in [2.75, 3.05) is 26.2 Å². The van der Waals surface area contributed by atoms with Crippen molar-refractivity contribution >= 4 is 0 Å². The maximum absolute atomic E-state index is 11.2. The molecule has 0 aliphatic carbocycles. The van der Waals surface area contributed by atoms with E-state index in [1.807, 2.05) is 0 Å². The Balaban J connectivity index is 5.17. The fourth-order valence-electron chi connectivity index (χ4n) is 3.08. The molecule has 0 aliphatic rings. The molecule has 0 aromatic rings. The quantitative estimate of drug-likeness (QED) is 0.632. The molecule has 110 valence electrons. The summed E-state index contributed by atoms with van der Waals surface area (Å²) in [5.41, 5.74) is -0.822. The third kappa shape index (κ3) is 3.69. The van der Waals surface area contributed by atoms with Crippen molar-refractivity contribution in [1.29, 1.82) is 0 Å². The van der Waals surface area contributed by atoms with Crippen LogP contribution in [0.5, 0.6) is 0 Å². The minimum Gasteiger partial charge on any atom is -0.387 e. The molecule has 18 heavy (non-hydrogen) atoms. The van der Waals surface area contributed by atoms with Gasteiger partial charge in [0.15, 0.2) is 0 Å². The van der Waals surface area contributed by atoms with Crippen LogP contribution in [-0.2, 0) is 0 Å². The maximum Gasteiger partial charge on any atom is 0.0951 e. The van der Waals surface area contributed by atoms with Gasteiger partial charge in [0, 0.05) is 12.1 Å². The monoisotopic (exact) mass is 258 g/mol. The molecule has 0 heterocycles. The molecule has 3 heteroatoms. The molecule has 0 aromatic carbocycles. The van der Waals surface area contributed by atoms with Crippen LogP contribution in [0.1, 0.15) is 60.8 Å². The van der Waals surface area contributed by atoms with Crippen molar-refractivity contribution in [3.05, 3.63) is 0 Å². The van der Waals surface area contributed by atoms with Gasteiger partial charge in [-0.1, -0.05) is 41.5 Å². The van der Waals surface area contributed by atoms with Crippen molar-refractivity contribution in [1.82, 2.24) is 10.2 Å². The second-order valence-electron chi connectivity index (χ2n) is 5.17. The zero-order chi connectivity index (χ0) is 14.2. The van der Waals surface area contributed by atoms with E-state index in [0.717, 1.165) is 45.4 Å². The number of hydrogen-bond donors (Lipinski definition) is 2. The van der Waals surface area contributed by atoms with Gasteiger partial charge in [-0.15, -0.1) is 0 Å². The summed E-state index contributed by atoms with van der Waals surface area (Å²) >= 11 is 0. The van der Waals surface area contributed by atoms with Crippen molar-refractivity contribution in [3.63, 3.8) is 0 Å². The van der Waals surface area contributed by atoms with Gasteiger partial charge in [0.05, 0.1) is 5.60 Å². The first kappa shape index (κ1) is 17.9. The van der Waals surface area contributed by atoms with Crippen molar-refractivity contribution in [3.8, 4) is 0 Å². The molecule has 2 N–H and O–H groups in total. The number of nitrogens with zero attached hydrogens (tertiary/aromatic N) is 1. The standard InChI is InChI=1S/C15H34N2O/c1-7-14(8-2,16-10-4)15(18,9-3)13-17(11-5)12-6/h16,18H,7-13H2,1-6H3. The first-order valence-corrected chi connectivity index (χ1v) is 7.68. The van der Waals surface area contributed by atoms with E-state index < -0.39 is 5.60 Å². The zero-order valence-electron chi connectivity index (χ0n) is 13.3. The summed E-state index contributed by atoms with van der Waals surface area (Å²) in [6.45, 7) is 16.5. The van der Waals surface area contributed by atoms with E-state index in [1.54, 1.807) is 0 Å².